The Bertz CT molecular complexity index is 843. The summed E-state index contributed by atoms with van der Waals surface area (Å²) in [6, 6.07) is 0. The fraction of sp³-hybridized carbons (Fsp3) is 0.625. The number of aromatic nitrogens is 2. The molecule has 9 nitrogen and oxygen atoms in total. The Morgan fingerprint density at radius 3 is 2.44 bits per heavy atom. The molecule has 4 rings (SSSR count). The second-order valence-corrected chi connectivity index (χ2v) is 7.45. The number of hydrogen-bond donors (Lipinski definition) is 0. The topological polar surface area (TPSA) is 125 Å². The Hall–Kier alpha value is -2.58. The first kappa shape index (κ1) is 15.9. The summed E-state index contributed by atoms with van der Waals surface area (Å²) in [5.74, 6) is -1.35. The normalized spacial score (nSPS) is 36.4. The van der Waals surface area contributed by atoms with Crippen molar-refractivity contribution in [1.29, 1.82) is 0 Å². The van der Waals surface area contributed by atoms with E-state index in [-0.39, 0.29) is 29.2 Å². The van der Waals surface area contributed by atoms with Crippen molar-refractivity contribution in [3.05, 3.63) is 54.9 Å². The molecular formula is C16H18N4O5. The molecule has 0 unspecified atom stereocenters. The van der Waals surface area contributed by atoms with E-state index in [2.05, 4.69) is 10.3 Å². The lowest BCUT2D eigenvalue weighted by Gasteiger charge is -2.49. The maximum Gasteiger partial charge on any atom is 0.282 e. The molecule has 3 aliphatic carbocycles. The molecule has 9 heteroatoms. The Morgan fingerprint density at radius 2 is 1.76 bits per heavy atom. The van der Waals surface area contributed by atoms with Crippen LogP contribution >= 0.6 is 0 Å². The lowest BCUT2D eigenvalue weighted by molar-refractivity contribution is -0.646. The number of hydrogen-bond acceptors (Lipinski definition) is 7. The molecule has 25 heavy (non-hydrogen) atoms. The maximum absolute atomic E-state index is 12.3. The third-order valence-corrected chi connectivity index (χ3v) is 6.29. The van der Waals surface area contributed by atoms with Gasteiger partial charge in [0.2, 0.25) is 5.54 Å². The molecule has 0 bridgehead atoms. The molecule has 0 amide bonds. The summed E-state index contributed by atoms with van der Waals surface area (Å²) in [6.45, 7) is 3.78. The summed E-state index contributed by atoms with van der Waals surface area (Å²) in [5.41, 5.74) is -0.708. The van der Waals surface area contributed by atoms with E-state index in [9.17, 15) is 20.2 Å². The highest BCUT2D eigenvalue weighted by atomic mass is 16.6. The van der Waals surface area contributed by atoms with Gasteiger partial charge < -0.3 is 0 Å². The van der Waals surface area contributed by atoms with Crippen LogP contribution in [-0.2, 0) is 5.54 Å². The Morgan fingerprint density at radius 1 is 1.08 bits per heavy atom. The zero-order chi connectivity index (χ0) is 18.0. The average Bonchev–Trinajstić information content (AvgIpc) is 3.04. The number of fused-ring (bicyclic) bond motifs is 6. The first-order valence-corrected chi connectivity index (χ1v) is 8.27. The van der Waals surface area contributed by atoms with Gasteiger partial charge in [0.05, 0.1) is 5.92 Å². The first-order valence-electron chi connectivity index (χ1n) is 8.27. The van der Waals surface area contributed by atoms with E-state index in [0.29, 0.717) is 12.8 Å². The molecular weight excluding hydrogens is 328 g/mol. The van der Waals surface area contributed by atoms with Crippen LogP contribution in [0.2, 0.25) is 0 Å². The third kappa shape index (κ3) is 1.78. The summed E-state index contributed by atoms with van der Waals surface area (Å²) in [5, 5.41) is 32.3. The van der Waals surface area contributed by atoms with Gasteiger partial charge >= 0.3 is 0 Å². The second kappa shape index (κ2) is 4.96. The predicted molar refractivity (Wildman–Crippen MR) is 84.9 cm³/mol. The van der Waals surface area contributed by atoms with Gasteiger partial charge in [-0.25, -0.2) is 4.63 Å². The Labute approximate surface area is 143 Å². The SMILES string of the molecule is CC1=CC[C@]2([N+](=O)[O-])[C@H](C1)c1nonc1[C@@]1([N+](=O)[O-])CC=C(C)C[C@@H]21. The van der Waals surface area contributed by atoms with Gasteiger partial charge in [-0.1, -0.05) is 28.5 Å². The minimum Gasteiger partial charge on any atom is -0.264 e. The number of nitro groups is 2. The van der Waals surface area contributed by atoms with Crippen molar-refractivity contribution in [2.75, 3.05) is 0 Å². The van der Waals surface area contributed by atoms with E-state index in [4.69, 9.17) is 4.63 Å². The van der Waals surface area contributed by atoms with Crippen LogP contribution in [0.4, 0.5) is 0 Å². The molecule has 0 N–H and O–H groups in total. The third-order valence-electron chi connectivity index (χ3n) is 6.29. The Balaban J connectivity index is 2.07. The second-order valence-electron chi connectivity index (χ2n) is 7.45. The molecule has 0 aromatic carbocycles. The number of nitrogens with zero attached hydrogens (tertiary/aromatic N) is 4. The van der Waals surface area contributed by atoms with Crippen molar-refractivity contribution in [2.24, 2.45) is 5.92 Å². The molecule has 1 aromatic heterocycles. The van der Waals surface area contributed by atoms with E-state index in [1.807, 2.05) is 19.9 Å². The van der Waals surface area contributed by atoms with Crippen LogP contribution in [0.25, 0.3) is 0 Å². The van der Waals surface area contributed by atoms with Gasteiger partial charge in [-0.15, -0.1) is 0 Å². The van der Waals surface area contributed by atoms with Crippen molar-refractivity contribution in [3.8, 4) is 0 Å². The molecule has 0 radical (unpaired) electrons. The molecule has 1 heterocycles. The predicted octanol–water partition coefficient (Wildman–Crippen LogP) is 2.75. The lowest BCUT2D eigenvalue weighted by Crippen LogP contribution is -2.65. The van der Waals surface area contributed by atoms with Crippen molar-refractivity contribution in [1.82, 2.24) is 10.3 Å². The van der Waals surface area contributed by atoms with Gasteiger partial charge in [0, 0.05) is 22.7 Å². The molecule has 0 saturated carbocycles. The monoisotopic (exact) mass is 346 g/mol. The summed E-state index contributed by atoms with van der Waals surface area (Å²) < 4.78 is 4.86. The fourth-order valence-electron chi connectivity index (χ4n) is 5.02. The van der Waals surface area contributed by atoms with Crippen LogP contribution < -0.4 is 0 Å². The summed E-state index contributed by atoms with van der Waals surface area (Å²) >= 11 is 0. The van der Waals surface area contributed by atoms with Crippen LogP contribution in [0.3, 0.4) is 0 Å². The zero-order valence-electron chi connectivity index (χ0n) is 14.0. The Kier molecular flexibility index (Phi) is 3.16. The van der Waals surface area contributed by atoms with Crippen molar-refractivity contribution < 1.29 is 14.5 Å². The summed E-state index contributed by atoms with van der Waals surface area (Å²) in [4.78, 5) is 23.8. The van der Waals surface area contributed by atoms with E-state index in [0.717, 1.165) is 11.1 Å². The molecule has 4 atom stereocenters. The number of rotatable bonds is 2. The summed E-state index contributed by atoms with van der Waals surface area (Å²) in [7, 11) is 0. The average molecular weight is 346 g/mol. The first-order chi connectivity index (χ1) is 11.8. The molecule has 0 saturated heterocycles. The van der Waals surface area contributed by atoms with E-state index < -0.39 is 27.8 Å². The number of allylic oxidation sites excluding steroid dienone is 2. The maximum atomic E-state index is 12.3. The quantitative estimate of drug-likeness (QED) is 0.458. The van der Waals surface area contributed by atoms with Gasteiger partial charge in [0.15, 0.2) is 5.69 Å². The molecule has 132 valence electrons. The molecule has 1 aromatic rings. The molecule has 0 spiro atoms. The van der Waals surface area contributed by atoms with Gasteiger partial charge in [0.25, 0.3) is 5.54 Å². The van der Waals surface area contributed by atoms with Crippen LogP contribution in [0.5, 0.6) is 0 Å². The minimum absolute atomic E-state index is 0.0721. The van der Waals surface area contributed by atoms with Crippen LogP contribution in [0.1, 0.15) is 56.8 Å². The van der Waals surface area contributed by atoms with Gasteiger partial charge in [-0.2, -0.15) is 0 Å². The minimum atomic E-state index is -1.66. The molecule has 3 aliphatic rings. The van der Waals surface area contributed by atoms with Gasteiger partial charge in [-0.05, 0) is 31.8 Å². The zero-order valence-corrected chi connectivity index (χ0v) is 14.0. The van der Waals surface area contributed by atoms with Crippen molar-refractivity contribution in [2.45, 2.75) is 56.5 Å². The smallest absolute Gasteiger partial charge is 0.264 e. The van der Waals surface area contributed by atoms with Gasteiger partial charge in [0.1, 0.15) is 11.6 Å². The molecule has 0 fully saturated rings. The highest BCUT2D eigenvalue weighted by molar-refractivity contribution is 5.38. The van der Waals surface area contributed by atoms with Gasteiger partial charge in [-0.3, -0.25) is 20.2 Å². The largest absolute Gasteiger partial charge is 0.282 e. The van der Waals surface area contributed by atoms with Crippen molar-refractivity contribution in [3.63, 3.8) is 0 Å². The van der Waals surface area contributed by atoms with Crippen LogP contribution in [0.15, 0.2) is 27.9 Å². The van der Waals surface area contributed by atoms with E-state index >= 15 is 0 Å². The van der Waals surface area contributed by atoms with Crippen LogP contribution in [0, 0.1) is 26.1 Å². The highest BCUT2D eigenvalue weighted by Crippen LogP contribution is 2.61. The highest BCUT2D eigenvalue weighted by Gasteiger charge is 2.75. The van der Waals surface area contributed by atoms with E-state index in [1.54, 1.807) is 6.08 Å². The van der Waals surface area contributed by atoms with Crippen LogP contribution in [-0.4, -0.2) is 25.7 Å². The fourth-order valence-corrected chi connectivity index (χ4v) is 5.02. The summed E-state index contributed by atoms with van der Waals surface area (Å²) in [6.07, 6.45) is 4.61. The van der Waals surface area contributed by atoms with E-state index in [1.165, 1.54) is 0 Å². The molecule has 0 aliphatic heterocycles. The van der Waals surface area contributed by atoms with Crippen molar-refractivity contribution >= 4 is 0 Å². The standard InChI is InChI=1S/C16H18N4O5/c1-9-3-5-15(19(21)22)11(7-9)13-14(18-25-17-13)16(20(23)24)6-4-10(2)8-12(15)16/h3-4,11-12H,5-8H2,1-2H3/t11-,12+,15+,16-/m1/s1. The lowest BCUT2D eigenvalue weighted by atomic mass is 9.51.